The molecular formula is C18H17Cl3N3OS+. The van der Waals surface area contributed by atoms with Crippen molar-refractivity contribution in [2.24, 2.45) is 0 Å². The molecule has 2 rings (SSSR count). The Morgan fingerprint density at radius 3 is 2.65 bits per heavy atom. The van der Waals surface area contributed by atoms with E-state index in [0.29, 0.717) is 38.0 Å². The topological polar surface area (TPSA) is 47.3 Å². The number of rotatable bonds is 7. The Hall–Kier alpha value is -1.79. The zero-order valence-electron chi connectivity index (χ0n) is 13.7. The Morgan fingerprint density at radius 1 is 1.15 bits per heavy atom. The zero-order chi connectivity index (χ0) is 18.9. The molecule has 2 aromatic rings. The molecule has 2 aromatic carbocycles. The van der Waals surface area contributed by atoms with Gasteiger partial charge in [0.1, 0.15) is 12.4 Å². The number of nitrogens with one attached hydrogen (secondary N) is 3. The van der Waals surface area contributed by atoms with Crippen molar-refractivity contribution in [1.82, 2.24) is 10.7 Å². The number of hydrogen-bond donors (Lipinski definition) is 3. The number of hydrazine groups is 1. The van der Waals surface area contributed by atoms with Gasteiger partial charge in [0.05, 0.1) is 15.6 Å². The summed E-state index contributed by atoms with van der Waals surface area (Å²) < 4.78 is 5.87. The number of para-hydroxylation sites is 1. The summed E-state index contributed by atoms with van der Waals surface area (Å²) in [5.74, 6) is 0.652. The maximum absolute atomic E-state index is 6.21. The number of hydrogen-bond acceptors (Lipinski definition) is 2. The third kappa shape index (κ3) is 5.88. The maximum Gasteiger partial charge on any atom is 0.224 e. The normalized spacial score (nSPS) is 10.6. The van der Waals surface area contributed by atoms with E-state index in [0.717, 1.165) is 5.56 Å². The van der Waals surface area contributed by atoms with Crippen LogP contribution in [-0.4, -0.2) is 17.9 Å². The molecule has 0 atom stereocenters. The van der Waals surface area contributed by atoms with Crippen LogP contribution in [0.1, 0.15) is 11.1 Å². The van der Waals surface area contributed by atoms with E-state index in [-0.39, 0.29) is 6.61 Å². The van der Waals surface area contributed by atoms with Gasteiger partial charge in [0, 0.05) is 17.1 Å². The Bertz CT molecular complexity index is 827. The molecule has 4 nitrogen and oxygen atoms in total. The molecular weight excluding hydrogens is 413 g/mol. The smallest absolute Gasteiger partial charge is 0.224 e. The molecule has 0 spiro atoms. The molecule has 0 unspecified atom stereocenters. The molecule has 0 radical (unpaired) electrons. The highest BCUT2D eigenvalue weighted by Gasteiger charge is 2.12. The minimum Gasteiger partial charge on any atom is -0.488 e. The van der Waals surface area contributed by atoms with Gasteiger partial charge in [0.15, 0.2) is 0 Å². The summed E-state index contributed by atoms with van der Waals surface area (Å²) >= 11 is 23.5. The molecule has 0 aliphatic heterocycles. The maximum atomic E-state index is 6.21. The lowest BCUT2D eigenvalue weighted by Crippen LogP contribution is -2.82. The fraction of sp³-hybridized carbons (Fsp3) is 0.111. The fourth-order valence-corrected chi connectivity index (χ4v) is 2.77. The van der Waals surface area contributed by atoms with E-state index in [9.17, 15) is 0 Å². The van der Waals surface area contributed by atoms with Gasteiger partial charge < -0.3 is 10.1 Å². The van der Waals surface area contributed by atoms with Crippen molar-refractivity contribution < 1.29 is 9.84 Å². The Morgan fingerprint density at radius 2 is 1.88 bits per heavy atom. The standard InChI is InChI=1S/C18H16Cl3N3OS/c1-2-9-22-18(26)24-23-10-12-5-3-4-6-16(12)25-11-13-14(19)7-8-15(20)17(13)21/h2-8,10H,1,9,11H2,(H2,22,24,26)/p+1. The van der Waals surface area contributed by atoms with Crippen LogP contribution in [0.4, 0.5) is 0 Å². The second kappa shape index (κ2) is 10.4. The van der Waals surface area contributed by atoms with E-state index in [4.69, 9.17) is 51.8 Å². The van der Waals surface area contributed by atoms with E-state index < -0.39 is 0 Å². The van der Waals surface area contributed by atoms with Crippen molar-refractivity contribution in [3.05, 3.63) is 75.2 Å². The van der Waals surface area contributed by atoms with Crippen molar-refractivity contribution in [3.63, 3.8) is 0 Å². The van der Waals surface area contributed by atoms with Crippen molar-refractivity contribution in [2.45, 2.75) is 6.61 Å². The number of ether oxygens (including phenoxy) is 1. The second-order valence-electron chi connectivity index (χ2n) is 5.06. The van der Waals surface area contributed by atoms with Gasteiger partial charge in [-0.1, -0.05) is 53.0 Å². The van der Waals surface area contributed by atoms with E-state index in [1.54, 1.807) is 24.4 Å². The van der Waals surface area contributed by atoms with Crippen molar-refractivity contribution >= 4 is 58.3 Å². The molecule has 0 aliphatic rings. The first-order valence-electron chi connectivity index (χ1n) is 7.60. The quantitative estimate of drug-likeness (QED) is 0.208. The van der Waals surface area contributed by atoms with Crippen LogP contribution >= 0.6 is 47.0 Å². The van der Waals surface area contributed by atoms with Crippen molar-refractivity contribution in [1.29, 1.82) is 0 Å². The predicted molar refractivity (Wildman–Crippen MR) is 112 cm³/mol. The van der Waals surface area contributed by atoms with Gasteiger partial charge in [-0.25, -0.2) is 0 Å². The first kappa shape index (κ1) is 20.5. The summed E-state index contributed by atoms with van der Waals surface area (Å²) in [7, 11) is 0. The van der Waals surface area contributed by atoms with Crippen LogP contribution in [0.3, 0.4) is 0 Å². The summed E-state index contributed by atoms with van der Waals surface area (Å²) in [5.41, 5.74) is 4.30. The van der Waals surface area contributed by atoms with E-state index in [2.05, 4.69) is 22.4 Å². The lowest BCUT2D eigenvalue weighted by molar-refractivity contribution is -0.500. The van der Waals surface area contributed by atoms with E-state index in [1.165, 1.54) is 0 Å². The fourth-order valence-electron chi connectivity index (χ4n) is 1.97. The second-order valence-corrected chi connectivity index (χ2v) is 6.66. The molecule has 3 N–H and O–H groups in total. The molecule has 0 saturated heterocycles. The molecule has 0 aromatic heterocycles. The first-order valence-corrected chi connectivity index (χ1v) is 9.14. The Kier molecular flexibility index (Phi) is 8.19. The van der Waals surface area contributed by atoms with Gasteiger partial charge in [0.25, 0.3) is 0 Å². The summed E-state index contributed by atoms with van der Waals surface area (Å²) in [6.45, 7) is 4.38. The van der Waals surface area contributed by atoms with Crippen LogP contribution in [0, 0.1) is 0 Å². The Labute approximate surface area is 172 Å². The van der Waals surface area contributed by atoms with Gasteiger partial charge >= 0.3 is 0 Å². The average Bonchev–Trinajstić information content (AvgIpc) is 2.64. The zero-order valence-corrected chi connectivity index (χ0v) is 16.8. The average molecular weight is 430 g/mol. The lowest BCUT2D eigenvalue weighted by atomic mass is 10.2. The third-order valence-electron chi connectivity index (χ3n) is 3.25. The molecule has 0 heterocycles. The number of halogens is 3. The van der Waals surface area contributed by atoms with Gasteiger partial charge in [-0.2, -0.15) is 0 Å². The Balaban J connectivity index is 2.06. The highest BCUT2D eigenvalue weighted by atomic mass is 35.5. The molecule has 0 saturated carbocycles. The minimum absolute atomic E-state index is 0.190. The summed E-state index contributed by atoms with van der Waals surface area (Å²) in [4.78, 5) is 0. The molecule has 8 heteroatoms. The first-order chi connectivity index (χ1) is 12.5. The van der Waals surface area contributed by atoms with Crippen LogP contribution in [0.15, 0.2) is 49.1 Å². The molecule has 0 bridgehead atoms. The molecule has 136 valence electrons. The monoisotopic (exact) mass is 428 g/mol. The predicted octanol–water partition coefficient (Wildman–Crippen LogP) is 3.29. The number of hydrazone groups is 1. The van der Waals surface area contributed by atoms with Crippen molar-refractivity contribution in [2.75, 3.05) is 6.54 Å². The van der Waals surface area contributed by atoms with Crippen LogP contribution in [0.2, 0.25) is 15.1 Å². The van der Waals surface area contributed by atoms with Crippen LogP contribution < -0.4 is 20.6 Å². The van der Waals surface area contributed by atoms with Crippen molar-refractivity contribution in [3.8, 4) is 5.75 Å². The summed E-state index contributed by atoms with van der Waals surface area (Å²) in [6.07, 6.45) is 3.45. The SMILES string of the molecule is C=CCNC(=S)N[NH+]=Cc1ccccc1OCc1c(Cl)ccc(Cl)c1Cl. The van der Waals surface area contributed by atoms with Gasteiger partial charge in [-0.05, 0) is 36.5 Å². The molecule has 0 amide bonds. The number of benzene rings is 2. The largest absolute Gasteiger partial charge is 0.488 e. The molecule has 26 heavy (non-hydrogen) atoms. The highest BCUT2D eigenvalue weighted by Crippen LogP contribution is 2.32. The van der Waals surface area contributed by atoms with E-state index in [1.807, 2.05) is 24.3 Å². The summed E-state index contributed by atoms with van der Waals surface area (Å²) in [6, 6.07) is 10.8. The molecule has 0 fully saturated rings. The van der Waals surface area contributed by atoms with Crippen LogP contribution in [0.25, 0.3) is 0 Å². The minimum atomic E-state index is 0.190. The van der Waals surface area contributed by atoms with Gasteiger partial charge in [-0.15, -0.1) is 17.1 Å². The lowest BCUT2D eigenvalue weighted by Gasteiger charge is -2.11. The highest BCUT2D eigenvalue weighted by molar-refractivity contribution is 7.80. The third-order valence-corrected chi connectivity index (χ3v) is 4.69. The van der Waals surface area contributed by atoms with Crippen LogP contribution in [-0.2, 0) is 6.61 Å². The van der Waals surface area contributed by atoms with Gasteiger partial charge in [-0.3, -0.25) is 0 Å². The number of thiocarbonyl (C=S) groups is 1. The summed E-state index contributed by atoms with van der Waals surface area (Å²) in [5, 5.41) is 7.63. The van der Waals surface area contributed by atoms with Crippen LogP contribution in [0.5, 0.6) is 5.75 Å². The van der Waals surface area contributed by atoms with Gasteiger partial charge in [0.2, 0.25) is 11.3 Å². The van der Waals surface area contributed by atoms with E-state index >= 15 is 0 Å². The molecule has 0 aliphatic carbocycles.